The molecule has 0 bridgehead atoms. The third-order valence-electron chi connectivity index (χ3n) is 29.5. The number of amides is 6. The van der Waals surface area contributed by atoms with E-state index < -0.39 is 36.4 Å². The number of nitrogen functional groups attached to an aromatic ring is 1. The number of furan rings is 1. The smallest absolute Gasteiger partial charge is 0.263 e. The van der Waals surface area contributed by atoms with Crippen LogP contribution in [0.15, 0.2) is 194 Å². The number of nitrogens with zero attached hydrogens (tertiary/aromatic N) is 11. The van der Waals surface area contributed by atoms with Crippen molar-refractivity contribution in [3.63, 3.8) is 0 Å². The Morgan fingerprint density at radius 1 is 0.362 bits per heavy atom. The average molecular weight is 2140 g/mol. The van der Waals surface area contributed by atoms with Crippen LogP contribution in [-0.2, 0) is 62.5 Å². The molecule has 6 aromatic carbocycles. The number of benzene rings is 6. The summed E-state index contributed by atoms with van der Waals surface area (Å²) in [6, 6.07) is 42.5. The molecule has 20 heterocycles. The number of halogens is 7. The summed E-state index contributed by atoms with van der Waals surface area (Å²) in [7, 11) is 0. The highest BCUT2D eigenvalue weighted by molar-refractivity contribution is 6.44. The van der Waals surface area contributed by atoms with Crippen LogP contribution in [0.25, 0.3) is 111 Å². The Hall–Kier alpha value is -13.7. The van der Waals surface area contributed by atoms with Crippen LogP contribution in [0.2, 0.25) is 35.2 Å². The maximum Gasteiger partial charge on any atom is 0.263 e. The van der Waals surface area contributed by atoms with Gasteiger partial charge in [0.05, 0.1) is 26.9 Å². The standard InChI is InChI=1S/C31H27ClN4O2.C22H21ClN4O3.C21H19Cl2N3O2.C21H19ClN2O3.C19H19Cl2N3O2/c32-22-12-21-14-28(31(37)36-10-4-1-5-11-36)38-29(21)26(15-22)25-8-9-33-30-27(25)17-24(35-30)16-23-13-19-6-2-3-7-20(19)18-34-23;23-13-8-12-9-17(22(29)27-6-2-1-3-7-27)30-19(12)15(10-13)14-4-5-25-21-18(14)16(11-26-21)20(24)28;22-15-10-12-11-16(21(27)26-8-2-1-3-9-26)28-19(12)17(18(15)23)13-4-6-24-20-14(13)5-7-25-20;22-14-10-13-11-18(21(25)24-7-2-1-3-8-24)27-19(13)17(12-14)15-4-6-23-20-16(15)5-9-26-20;20-12-8-11-9-15(19(25)24-6-2-1-3-7-24)26-17(11)14(10-12)13-4-5-23-18(22)16(13)21/h2-3,6-9,12-13,15,17-18,28H,1,4-5,10-11,14,16H2,(H,33,35);4-5,8,10-11,17H,1-3,6-7,9H2,(H2,24,28)(H,25,26);4-7,10,16H,1-3,8-9,11H2,(H,24,25);4-6,9-10,12,18H,1-3,7-8,11H2;4-5,8,10,15H,1-3,6-7,9H2,(H2,22,23). The van der Waals surface area contributed by atoms with E-state index in [-0.39, 0.29) is 35.4 Å². The van der Waals surface area contributed by atoms with Gasteiger partial charge in [0.25, 0.3) is 35.4 Å². The predicted molar refractivity (Wildman–Crippen MR) is 579 cm³/mol. The highest BCUT2D eigenvalue weighted by atomic mass is 35.5. The van der Waals surface area contributed by atoms with Crippen LogP contribution >= 0.6 is 81.2 Å². The fourth-order valence-corrected chi connectivity index (χ4v) is 23.9. The maximum atomic E-state index is 13.2. The number of likely N-dealkylation sites (tertiary alicyclic amines) is 5. The Labute approximate surface area is 893 Å². The lowest BCUT2D eigenvalue weighted by molar-refractivity contribution is -0.139. The zero-order chi connectivity index (χ0) is 102. The highest BCUT2D eigenvalue weighted by Crippen LogP contribution is 2.53. The van der Waals surface area contributed by atoms with E-state index >= 15 is 0 Å². The van der Waals surface area contributed by atoms with E-state index in [1.165, 1.54) is 31.1 Å². The van der Waals surface area contributed by atoms with E-state index in [9.17, 15) is 28.8 Å². The number of hydrogen-bond donors (Lipinski definition) is 5. The zero-order valence-corrected chi connectivity index (χ0v) is 86.6. The number of H-pyrrole nitrogens is 3. The number of aromatic nitrogens is 9. The molecule has 10 aliphatic heterocycles. The second kappa shape index (κ2) is 43.5. The van der Waals surface area contributed by atoms with Gasteiger partial charge in [0, 0.05) is 273 Å². The van der Waals surface area contributed by atoms with Crippen LogP contribution in [0.1, 0.15) is 146 Å². The van der Waals surface area contributed by atoms with Crippen LogP contribution < -0.4 is 35.2 Å². The normalized spacial score (nSPS) is 18.4. The molecule has 10 aliphatic rings. The SMILES string of the molecule is NC(=O)c1c[nH]c2nccc(-c3cc(Cl)cc4c3OC(C(=O)N3CCCCC3)C4)c12.Nc1nccc(-c2cc(Cl)cc3c2OC(C(=O)N2CCCCC2)C3)c1Cl.O=C(C1Cc2cc(Cl)c(Cl)c(-c3ccnc4[nH]ccc34)c2O1)N1CCCCC1.O=C(C1Cc2cc(Cl)cc(-c3ccnc4[nH]c(Cc5cc6ccccc6cn5)cc34)c2O1)N1CCCCC1.O=C(C1Cc2cc(Cl)cc(-c3ccnc4occc34)c2O1)N1CCCCC1. The van der Waals surface area contributed by atoms with Gasteiger partial charge in [0.1, 0.15) is 51.5 Å². The first-order valence-corrected chi connectivity index (χ1v) is 53.5. The minimum absolute atomic E-state index is 0.0207. The number of primary amides is 1. The minimum atomic E-state index is -0.561. The topological polar surface area (TPSA) is 355 Å². The van der Waals surface area contributed by atoms with Crippen LogP contribution in [0.4, 0.5) is 5.82 Å². The van der Waals surface area contributed by atoms with Crippen molar-refractivity contribution in [3.05, 3.63) is 269 Å². The molecule has 149 heavy (non-hydrogen) atoms. The van der Waals surface area contributed by atoms with Crippen LogP contribution in [0.5, 0.6) is 28.7 Å². The van der Waals surface area contributed by atoms with Gasteiger partial charge >= 0.3 is 0 Å². The van der Waals surface area contributed by atoms with Crippen molar-refractivity contribution >= 4 is 177 Å². The van der Waals surface area contributed by atoms with Gasteiger partial charge in [-0.1, -0.05) is 105 Å². The van der Waals surface area contributed by atoms with Crippen LogP contribution in [0, 0.1) is 0 Å². The summed E-state index contributed by atoms with van der Waals surface area (Å²) >= 11 is 45.1. The Morgan fingerprint density at radius 3 is 1.25 bits per heavy atom. The first-order valence-electron chi connectivity index (χ1n) is 50.8. The van der Waals surface area contributed by atoms with Gasteiger partial charge in [-0.2, -0.15) is 0 Å². The van der Waals surface area contributed by atoms with Crippen molar-refractivity contribution in [3.8, 4) is 84.4 Å². The van der Waals surface area contributed by atoms with Gasteiger partial charge in [-0.15, -0.1) is 0 Å². The molecule has 5 unspecified atom stereocenters. The molecule has 6 amide bonds. The molecule has 762 valence electrons. The van der Waals surface area contributed by atoms with Crippen LogP contribution in [0.3, 0.4) is 0 Å². The molecule has 0 saturated carbocycles. The molecule has 5 saturated heterocycles. The summed E-state index contributed by atoms with van der Waals surface area (Å²) in [6.07, 6.45) is 32.5. The van der Waals surface area contributed by atoms with E-state index in [4.69, 9.17) is 121 Å². The van der Waals surface area contributed by atoms with E-state index in [1.54, 1.807) is 67.7 Å². The second-order valence-electron chi connectivity index (χ2n) is 39.2. The van der Waals surface area contributed by atoms with Gasteiger partial charge in [-0.05, 0) is 233 Å². The lowest BCUT2D eigenvalue weighted by atomic mass is 9.97. The van der Waals surface area contributed by atoms with E-state index in [1.807, 2.05) is 122 Å². The van der Waals surface area contributed by atoms with E-state index in [0.717, 1.165) is 270 Å². The van der Waals surface area contributed by atoms with Crippen molar-refractivity contribution < 1.29 is 56.9 Å². The summed E-state index contributed by atoms with van der Waals surface area (Å²) in [4.78, 5) is 122. The number of anilines is 1. The predicted octanol–water partition coefficient (Wildman–Crippen LogP) is 22.9. The number of fused-ring (bicyclic) bond motifs is 10. The lowest BCUT2D eigenvalue weighted by Gasteiger charge is -2.28. The number of ether oxygens (including phenoxy) is 5. The molecule has 5 fully saturated rings. The quantitative estimate of drug-likeness (QED) is 0.0716. The number of carbonyl (C=O) groups excluding carboxylic acids is 6. The van der Waals surface area contributed by atoms with Crippen molar-refractivity contribution in [2.24, 2.45) is 5.73 Å². The molecule has 10 aromatic heterocycles. The highest BCUT2D eigenvalue weighted by Gasteiger charge is 2.43. The average Bonchev–Trinajstić information content (AvgIpc) is 1.62. The molecule has 5 atom stereocenters. The molecule has 35 heteroatoms. The largest absolute Gasteiger partial charge is 0.479 e. The lowest BCUT2D eigenvalue weighted by Crippen LogP contribution is -2.43. The van der Waals surface area contributed by atoms with Crippen molar-refractivity contribution in [1.82, 2.24) is 69.4 Å². The molecule has 16 aromatic rings. The Morgan fingerprint density at radius 2 is 0.765 bits per heavy atom. The minimum Gasteiger partial charge on any atom is -0.479 e. The number of nitrogens with one attached hydrogen (secondary N) is 3. The van der Waals surface area contributed by atoms with Gasteiger partial charge in [-0.25, -0.2) is 24.9 Å². The molecule has 0 aliphatic carbocycles. The number of hydrogen-bond acceptors (Lipinski definition) is 19. The number of piperidine rings is 5. The van der Waals surface area contributed by atoms with Crippen molar-refractivity contribution in [2.75, 3.05) is 71.2 Å². The van der Waals surface area contributed by atoms with Gasteiger partial charge in [-0.3, -0.25) is 33.8 Å². The van der Waals surface area contributed by atoms with Gasteiger partial charge in [0.2, 0.25) is 5.71 Å². The molecule has 26 rings (SSSR count). The number of pyridine rings is 6. The summed E-state index contributed by atoms with van der Waals surface area (Å²) in [5.41, 5.74) is 29.3. The molecule has 0 radical (unpaired) electrons. The third-order valence-corrected chi connectivity index (χ3v) is 31.5. The number of carbonyl (C=O) groups is 6. The molecular formula is C114H105Cl7N16O12. The summed E-state index contributed by atoms with van der Waals surface area (Å²) in [5, 5.41) is 9.36. The van der Waals surface area contributed by atoms with Gasteiger partial charge in [0.15, 0.2) is 30.5 Å². The third kappa shape index (κ3) is 20.7. The Bertz CT molecular complexity index is 7920. The first kappa shape index (κ1) is 99.9. The summed E-state index contributed by atoms with van der Waals surface area (Å²) in [6.45, 7) is 8.03. The van der Waals surface area contributed by atoms with E-state index in [2.05, 4.69) is 69.1 Å². The fraction of sp³-hybridized carbons (Fsp3) is 0.316. The molecular weight excluding hydrogens is 2030 g/mol. The number of nitrogens with two attached hydrogens (primary N) is 2. The first-order chi connectivity index (χ1) is 72.5. The monoisotopic (exact) mass is 2130 g/mol. The van der Waals surface area contributed by atoms with Crippen LogP contribution in [-0.4, -0.2) is 201 Å². The number of aromatic amines is 3. The fourth-order valence-electron chi connectivity index (χ4n) is 22.2. The maximum absolute atomic E-state index is 13.2. The molecule has 7 N–H and O–H groups in total. The summed E-state index contributed by atoms with van der Waals surface area (Å²) in [5.74, 6) is 3.39. The van der Waals surface area contributed by atoms with E-state index in [0.29, 0.717) is 119 Å². The van der Waals surface area contributed by atoms with Crippen molar-refractivity contribution in [2.45, 2.75) is 165 Å². The molecule has 0 spiro atoms. The van der Waals surface area contributed by atoms with Crippen molar-refractivity contribution in [1.29, 1.82) is 0 Å². The van der Waals surface area contributed by atoms with Gasteiger partial charge < -0.3 is 79.0 Å². The summed E-state index contributed by atoms with van der Waals surface area (Å²) < 4.78 is 36.5. The second-order valence-corrected chi connectivity index (χ2v) is 42.1. The number of rotatable bonds is 13. The zero-order valence-electron chi connectivity index (χ0n) is 81.3. The Balaban J connectivity index is 0.000000106. The molecule has 28 nitrogen and oxygen atoms in total. The Kier molecular flexibility index (Phi) is 29.1.